The Morgan fingerprint density at radius 3 is 2.19 bits per heavy atom. The predicted molar refractivity (Wildman–Crippen MR) is 160 cm³/mol. The van der Waals surface area contributed by atoms with Crippen LogP contribution in [0.3, 0.4) is 0 Å². The minimum Gasteiger partial charge on any atom is -0.135 e. The van der Waals surface area contributed by atoms with Gasteiger partial charge in [0.1, 0.15) is 0 Å². The van der Waals surface area contributed by atoms with Crippen molar-refractivity contribution in [2.75, 3.05) is 0 Å². The van der Waals surface area contributed by atoms with Crippen LogP contribution < -0.4 is 0 Å². The van der Waals surface area contributed by atoms with Gasteiger partial charge in [-0.3, -0.25) is 0 Å². The highest BCUT2D eigenvalue weighted by Gasteiger charge is 2.12. The Balaban J connectivity index is 1.38. The zero-order valence-corrected chi connectivity index (χ0v) is 20.8. The fraction of sp³-hybridized carbons (Fsp3) is 0. The molecule has 7 aromatic carbocycles. The smallest absolute Gasteiger partial charge is 0.0361 e. The molecule has 0 nitrogen and oxygen atoms in total. The van der Waals surface area contributed by atoms with E-state index in [1.54, 1.807) is 0 Å². The van der Waals surface area contributed by atoms with Crippen molar-refractivity contribution in [1.82, 2.24) is 0 Å². The number of thiophene rings is 1. The Morgan fingerprint density at radius 1 is 0.459 bits per heavy atom. The summed E-state index contributed by atoms with van der Waals surface area (Å²) in [5.41, 5.74) is 3.74. The fourth-order valence-electron chi connectivity index (χ4n) is 5.74. The number of hydrogen-bond acceptors (Lipinski definition) is 1. The molecular formula is C36H20S. The van der Waals surface area contributed by atoms with E-state index in [-0.39, 0.29) is 0 Å². The third kappa shape index (κ3) is 3.17. The van der Waals surface area contributed by atoms with E-state index in [9.17, 15) is 0 Å². The van der Waals surface area contributed by atoms with Crippen LogP contribution in [-0.4, -0.2) is 0 Å². The molecule has 0 aliphatic rings. The first kappa shape index (κ1) is 20.5. The molecule has 0 bridgehead atoms. The van der Waals surface area contributed by atoms with Gasteiger partial charge in [-0.15, -0.1) is 11.3 Å². The van der Waals surface area contributed by atoms with E-state index in [4.69, 9.17) is 0 Å². The summed E-state index contributed by atoms with van der Waals surface area (Å²) in [6.45, 7) is 0. The predicted octanol–water partition coefficient (Wildman–Crippen LogP) is 10.4. The summed E-state index contributed by atoms with van der Waals surface area (Å²) in [6.07, 6.45) is 0. The maximum Gasteiger partial charge on any atom is 0.0361 e. The minimum atomic E-state index is 1.09. The van der Waals surface area contributed by atoms with Crippen molar-refractivity contribution in [2.24, 2.45) is 0 Å². The molecule has 1 heterocycles. The molecular weight excluding hydrogens is 464 g/mol. The molecule has 0 radical (unpaired) electrons. The highest BCUT2D eigenvalue weighted by Crippen LogP contribution is 2.41. The first-order valence-electron chi connectivity index (χ1n) is 12.5. The lowest BCUT2D eigenvalue weighted by Gasteiger charge is -2.12. The quantitative estimate of drug-likeness (QED) is 0.169. The zero-order valence-electron chi connectivity index (χ0n) is 20.0. The maximum atomic E-state index is 3.26. The van der Waals surface area contributed by atoms with E-state index in [0.29, 0.717) is 0 Å². The van der Waals surface area contributed by atoms with Crippen molar-refractivity contribution in [3.8, 4) is 21.6 Å². The highest BCUT2D eigenvalue weighted by atomic mass is 32.1. The van der Waals surface area contributed by atoms with E-state index in [2.05, 4.69) is 133 Å². The molecule has 8 rings (SSSR count). The number of fused-ring (bicyclic) bond motifs is 6. The summed E-state index contributed by atoms with van der Waals surface area (Å²) in [4.78, 5) is 1.32. The molecule has 0 fully saturated rings. The fourth-order valence-corrected chi connectivity index (χ4v) is 6.85. The zero-order chi connectivity index (χ0) is 24.3. The van der Waals surface area contributed by atoms with Gasteiger partial charge < -0.3 is 0 Å². The second-order valence-electron chi connectivity index (χ2n) is 9.59. The molecule has 170 valence electrons. The largest absolute Gasteiger partial charge is 0.135 e. The average Bonchev–Trinajstić information content (AvgIpc) is 3.39. The molecule has 0 aliphatic heterocycles. The second kappa shape index (κ2) is 7.93. The summed E-state index contributed by atoms with van der Waals surface area (Å²) >= 11 is 1.87. The van der Waals surface area contributed by atoms with Crippen LogP contribution in [0.2, 0.25) is 0 Å². The molecule has 0 unspecified atom stereocenters. The van der Waals surface area contributed by atoms with Gasteiger partial charge in [-0.25, -0.2) is 0 Å². The molecule has 37 heavy (non-hydrogen) atoms. The normalized spacial score (nSPS) is 11.6. The van der Waals surface area contributed by atoms with Gasteiger partial charge in [0.25, 0.3) is 0 Å². The van der Waals surface area contributed by atoms with Gasteiger partial charge in [-0.2, -0.15) is 0 Å². The lowest BCUT2D eigenvalue weighted by Crippen LogP contribution is -1.86. The van der Waals surface area contributed by atoms with E-state index < -0.39 is 0 Å². The van der Waals surface area contributed by atoms with Crippen molar-refractivity contribution in [3.05, 3.63) is 133 Å². The summed E-state index contributed by atoms with van der Waals surface area (Å²) in [5, 5.41) is 11.3. The standard InChI is InChI=1S/C36H20S/c1-3-12-27-23(8-1)10-5-13-28(27)29-14-6-11-24-20-34-25(21-33(24)29)18-19-31-30(34)15-7-16-32(31)36-22-26-9-2-4-17-35(26)37-36/h1-4,6-9,11-22H. The maximum absolute atomic E-state index is 3.26. The van der Waals surface area contributed by atoms with Gasteiger partial charge in [0, 0.05) is 15.0 Å². The van der Waals surface area contributed by atoms with Crippen LogP contribution in [-0.2, 0) is 0 Å². The van der Waals surface area contributed by atoms with Gasteiger partial charge in [0.05, 0.1) is 0 Å². The summed E-state index contributed by atoms with van der Waals surface area (Å²) in [6, 6.07) is 50.6. The Hall–Kier alpha value is -4.64. The van der Waals surface area contributed by atoms with Crippen LogP contribution in [0.1, 0.15) is 0 Å². The number of rotatable bonds is 2. The third-order valence-electron chi connectivity index (χ3n) is 7.50. The Kier molecular flexibility index (Phi) is 4.40. The van der Waals surface area contributed by atoms with Crippen molar-refractivity contribution < 1.29 is 0 Å². The molecule has 0 spiro atoms. The minimum absolute atomic E-state index is 1.09. The van der Waals surface area contributed by atoms with E-state index in [1.807, 2.05) is 11.3 Å². The molecule has 0 aliphatic carbocycles. The van der Waals surface area contributed by atoms with E-state index in [0.717, 1.165) is 5.39 Å². The lowest BCUT2D eigenvalue weighted by atomic mass is 9.91. The van der Waals surface area contributed by atoms with E-state index >= 15 is 0 Å². The third-order valence-corrected chi connectivity index (χ3v) is 8.65. The van der Waals surface area contributed by atoms with Crippen molar-refractivity contribution in [3.63, 3.8) is 0 Å². The van der Waals surface area contributed by atoms with Gasteiger partial charge in [0.15, 0.2) is 0 Å². The van der Waals surface area contributed by atoms with Crippen molar-refractivity contribution >= 4 is 64.5 Å². The van der Waals surface area contributed by atoms with Gasteiger partial charge >= 0.3 is 0 Å². The summed E-state index contributed by atoms with van der Waals surface area (Å²) in [5.74, 6) is 0. The van der Waals surface area contributed by atoms with Crippen LogP contribution in [0.5, 0.6) is 0 Å². The monoisotopic (exact) mass is 484 g/mol. The van der Waals surface area contributed by atoms with Gasteiger partial charge in [-0.1, -0.05) is 97.1 Å². The van der Waals surface area contributed by atoms with E-state index in [1.165, 1.54) is 69.4 Å². The SMILES string of the molecule is c1cc(-c2cccc3cc4c(ccc5c(-c6cc7ccccc7s6)cccc54)cc23)c2ccccc2c#1. The topological polar surface area (TPSA) is 0 Å². The molecule has 0 saturated heterocycles. The van der Waals surface area contributed by atoms with Crippen LogP contribution in [0.25, 0.3) is 74.7 Å². The molecule has 1 aromatic heterocycles. The molecule has 0 amide bonds. The highest BCUT2D eigenvalue weighted by molar-refractivity contribution is 7.22. The molecule has 1 heteroatoms. The van der Waals surface area contributed by atoms with Crippen molar-refractivity contribution in [2.45, 2.75) is 0 Å². The average molecular weight is 485 g/mol. The molecule has 8 aromatic rings. The van der Waals surface area contributed by atoms with Crippen LogP contribution >= 0.6 is 11.3 Å². The van der Waals surface area contributed by atoms with Crippen LogP contribution in [0.4, 0.5) is 0 Å². The lowest BCUT2D eigenvalue weighted by molar-refractivity contribution is 1.71. The van der Waals surface area contributed by atoms with Crippen molar-refractivity contribution in [1.29, 1.82) is 0 Å². The van der Waals surface area contributed by atoms with Crippen LogP contribution in [0.15, 0.2) is 121 Å². The summed E-state index contributed by atoms with van der Waals surface area (Å²) in [7, 11) is 0. The molecule has 0 saturated carbocycles. The first-order chi connectivity index (χ1) is 18.3. The first-order valence-corrected chi connectivity index (χ1v) is 13.3. The molecule has 0 atom stereocenters. The Labute approximate surface area is 219 Å². The summed E-state index contributed by atoms with van der Waals surface area (Å²) < 4.78 is 1.33. The van der Waals surface area contributed by atoms with Crippen LogP contribution in [0, 0.1) is 12.1 Å². The Bertz CT molecular complexity index is 2110. The van der Waals surface area contributed by atoms with Gasteiger partial charge in [0.2, 0.25) is 0 Å². The number of hydrogen-bond donors (Lipinski definition) is 0. The van der Waals surface area contributed by atoms with Gasteiger partial charge in [-0.05, 0) is 96.2 Å². The Morgan fingerprint density at radius 2 is 1.22 bits per heavy atom. The number of benzene rings is 6. The molecule has 0 N–H and O–H groups in total. The second-order valence-corrected chi connectivity index (χ2v) is 10.7.